The average Bonchev–Trinajstić information content (AvgIpc) is 2.71. The fraction of sp³-hybridized carbons (Fsp3) is 0.348. The second kappa shape index (κ2) is 8.38. The summed E-state index contributed by atoms with van der Waals surface area (Å²) in [5, 5.41) is 0.464. The van der Waals surface area contributed by atoms with E-state index in [1.165, 1.54) is 17.4 Å². The van der Waals surface area contributed by atoms with E-state index in [1.54, 1.807) is 12.1 Å². The van der Waals surface area contributed by atoms with Crippen LogP contribution in [-0.2, 0) is 20.9 Å². The zero-order valence-electron chi connectivity index (χ0n) is 15.8. The maximum Gasteiger partial charge on any atom is 0.208 e. The van der Waals surface area contributed by atoms with Gasteiger partial charge in [-0.15, -0.1) is 0 Å². The first-order valence-electron chi connectivity index (χ1n) is 9.60. The van der Waals surface area contributed by atoms with Crippen molar-refractivity contribution in [3.63, 3.8) is 0 Å². The number of hydrogen-bond donors (Lipinski definition) is 0. The molecule has 2 aromatic carbocycles. The van der Waals surface area contributed by atoms with E-state index in [4.69, 9.17) is 25.8 Å². The quantitative estimate of drug-likeness (QED) is 0.692. The predicted molar refractivity (Wildman–Crippen MR) is 107 cm³/mol. The summed E-state index contributed by atoms with van der Waals surface area (Å²) in [4.78, 5) is 12.8. The monoisotopic (exact) mass is 398 g/mol. The summed E-state index contributed by atoms with van der Waals surface area (Å²) < 4.78 is 17.7. The topological polar surface area (TPSA) is 44.8 Å². The lowest BCUT2D eigenvalue weighted by Gasteiger charge is -2.37. The Morgan fingerprint density at radius 3 is 2.71 bits per heavy atom. The fourth-order valence-corrected chi connectivity index (χ4v) is 3.96. The number of ether oxygens (including phenoxy) is 3. The van der Waals surface area contributed by atoms with Gasteiger partial charge in [-0.05, 0) is 43.0 Å². The van der Waals surface area contributed by atoms with E-state index in [9.17, 15) is 4.79 Å². The fourth-order valence-electron chi connectivity index (χ4n) is 3.78. The van der Waals surface area contributed by atoms with Crippen LogP contribution in [0.1, 0.15) is 30.4 Å². The van der Waals surface area contributed by atoms with E-state index in [-0.39, 0.29) is 29.7 Å². The summed E-state index contributed by atoms with van der Waals surface area (Å²) in [6, 6.07) is 15.3. The molecule has 146 valence electrons. The molecule has 0 bridgehead atoms. The highest BCUT2D eigenvalue weighted by Crippen LogP contribution is 2.36. The second-order valence-electron chi connectivity index (χ2n) is 7.33. The summed E-state index contributed by atoms with van der Waals surface area (Å²) >= 11 is 6.12. The molecule has 0 saturated heterocycles. The molecule has 4 nitrogen and oxygen atoms in total. The largest absolute Gasteiger partial charge is 0.493 e. The standard InChI is InChI=1S/C23H23ClO4/c1-15-6-2-3-7-16(15)13-26-17-10-11-18-21(12-17)27-14-22(23(18)25)28-20-9-5-4-8-19(20)24/h2-9,14,17-18,21H,10-13H2,1H3. The first-order chi connectivity index (χ1) is 13.6. The Bertz CT molecular complexity index is 892. The minimum atomic E-state index is -0.194. The molecule has 2 aromatic rings. The van der Waals surface area contributed by atoms with Gasteiger partial charge in [-0.1, -0.05) is 48.0 Å². The third-order valence-electron chi connectivity index (χ3n) is 5.47. The molecule has 3 unspecified atom stereocenters. The molecule has 0 amide bonds. The van der Waals surface area contributed by atoms with E-state index in [2.05, 4.69) is 19.1 Å². The van der Waals surface area contributed by atoms with E-state index in [1.807, 2.05) is 24.3 Å². The van der Waals surface area contributed by atoms with Gasteiger partial charge in [0.15, 0.2) is 0 Å². The summed E-state index contributed by atoms with van der Waals surface area (Å²) in [5.41, 5.74) is 2.42. The Morgan fingerprint density at radius 2 is 1.89 bits per heavy atom. The highest BCUT2D eigenvalue weighted by molar-refractivity contribution is 6.32. The number of fused-ring (bicyclic) bond motifs is 1. The van der Waals surface area contributed by atoms with Crippen LogP contribution in [0.2, 0.25) is 5.02 Å². The number of hydrogen-bond acceptors (Lipinski definition) is 4. The first kappa shape index (κ1) is 19.0. The Labute approximate surface area is 170 Å². The Balaban J connectivity index is 1.37. The Kier molecular flexibility index (Phi) is 5.69. The molecule has 0 radical (unpaired) electrons. The van der Waals surface area contributed by atoms with Crippen LogP contribution in [0.5, 0.6) is 5.75 Å². The van der Waals surface area contributed by atoms with E-state index >= 15 is 0 Å². The lowest BCUT2D eigenvalue weighted by molar-refractivity contribution is -0.134. The highest BCUT2D eigenvalue weighted by Gasteiger charge is 2.41. The summed E-state index contributed by atoms with van der Waals surface area (Å²) in [7, 11) is 0. The van der Waals surface area contributed by atoms with E-state index in [0.717, 1.165) is 12.8 Å². The van der Waals surface area contributed by atoms with Crippen molar-refractivity contribution in [3.8, 4) is 5.75 Å². The van der Waals surface area contributed by atoms with Crippen LogP contribution in [0, 0.1) is 12.8 Å². The van der Waals surface area contributed by atoms with Crippen LogP contribution < -0.4 is 4.74 Å². The zero-order valence-corrected chi connectivity index (χ0v) is 16.5. The van der Waals surface area contributed by atoms with Gasteiger partial charge in [0.2, 0.25) is 11.5 Å². The summed E-state index contributed by atoms with van der Waals surface area (Å²) in [6.45, 7) is 2.67. The van der Waals surface area contributed by atoms with Crippen molar-refractivity contribution in [3.05, 3.63) is 76.7 Å². The normalized spacial score (nSPS) is 24.1. The van der Waals surface area contributed by atoms with Gasteiger partial charge in [0, 0.05) is 6.42 Å². The number of carbonyl (C=O) groups is 1. The minimum absolute atomic E-state index is 0.0199. The predicted octanol–water partition coefficient (Wildman–Crippen LogP) is 5.22. The molecular formula is C23H23ClO4. The minimum Gasteiger partial charge on any atom is -0.493 e. The molecule has 1 saturated carbocycles. The molecular weight excluding hydrogens is 376 g/mol. The SMILES string of the molecule is Cc1ccccc1COC1CCC2C(=O)C(Oc3ccccc3Cl)=COC2C1. The van der Waals surface area contributed by atoms with Crippen LogP contribution in [-0.4, -0.2) is 18.0 Å². The van der Waals surface area contributed by atoms with Gasteiger partial charge in [0.05, 0.1) is 23.7 Å². The number of Topliss-reactive ketones (excluding diaryl/α,β-unsaturated/α-hetero) is 1. The number of benzene rings is 2. The smallest absolute Gasteiger partial charge is 0.208 e. The molecule has 0 N–H and O–H groups in total. The van der Waals surface area contributed by atoms with Crippen LogP contribution >= 0.6 is 11.6 Å². The van der Waals surface area contributed by atoms with Gasteiger partial charge >= 0.3 is 0 Å². The number of halogens is 1. The van der Waals surface area contributed by atoms with Gasteiger partial charge in [0.25, 0.3) is 0 Å². The molecule has 4 rings (SSSR count). The number of aryl methyl sites for hydroxylation is 1. The third-order valence-corrected chi connectivity index (χ3v) is 5.78. The zero-order chi connectivity index (χ0) is 19.5. The molecule has 5 heteroatoms. The van der Waals surface area contributed by atoms with Crippen molar-refractivity contribution < 1.29 is 19.0 Å². The van der Waals surface area contributed by atoms with Crippen molar-refractivity contribution in [2.75, 3.05) is 0 Å². The number of carbonyl (C=O) groups excluding carboxylic acids is 1. The molecule has 1 heterocycles. The van der Waals surface area contributed by atoms with Crippen LogP contribution in [0.3, 0.4) is 0 Å². The number of rotatable bonds is 5. The Morgan fingerprint density at radius 1 is 1.11 bits per heavy atom. The molecule has 0 aromatic heterocycles. The maximum absolute atomic E-state index is 12.8. The van der Waals surface area contributed by atoms with Crippen molar-refractivity contribution in [2.24, 2.45) is 5.92 Å². The molecule has 1 fully saturated rings. The molecule has 2 aliphatic rings. The van der Waals surface area contributed by atoms with Crippen molar-refractivity contribution >= 4 is 17.4 Å². The van der Waals surface area contributed by atoms with Crippen molar-refractivity contribution in [2.45, 2.75) is 45.0 Å². The lowest BCUT2D eigenvalue weighted by Crippen LogP contribution is -2.42. The van der Waals surface area contributed by atoms with E-state index in [0.29, 0.717) is 23.8 Å². The molecule has 1 aliphatic heterocycles. The van der Waals surface area contributed by atoms with Gasteiger partial charge in [-0.25, -0.2) is 0 Å². The molecule has 28 heavy (non-hydrogen) atoms. The van der Waals surface area contributed by atoms with Crippen molar-refractivity contribution in [1.29, 1.82) is 0 Å². The molecule has 0 spiro atoms. The Hall–Kier alpha value is -2.30. The highest BCUT2D eigenvalue weighted by atomic mass is 35.5. The molecule has 3 atom stereocenters. The third kappa shape index (κ3) is 4.08. The van der Waals surface area contributed by atoms with Gasteiger partial charge in [-0.2, -0.15) is 0 Å². The first-order valence-corrected chi connectivity index (χ1v) is 9.98. The van der Waals surface area contributed by atoms with Crippen LogP contribution in [0.4, 0.5) is 0 Å². The van der Waals surface area contributed by atoms with Gasteiger partial charge in [-0.3, -0.25) is 4.79 Å². The van der Waals surface area contributed by atoms with Crippen LogP contribution in [0.25, 0.3) is 0 Å². The summed E-state index contributed by atoms with van der Waals surface area (Å²) in [6.07, 6.45) is 3.62. The van der Waals surface area contributed by atoms with Gasteiger partial charge in [0.1, 0.15) is 18.1 Å². The lowest BCUT2D eigenvalue weighted by atomic mass is 9.80. The number of allylic oxidation sites excluding steroid dienone is 1. The average molecular weight is 399 g/mol. The molecule has 1 aliphatic carbocycles. The van der Waals surface area contributed by atoms with Gasteiger partial charge < -0.3 is 14.2 Å². The number of para-hydroxylation sites is 1. The van der Waals surface area contributed by atoms with Crippen molar-refractivity contribution in [1.82, 2.24) is 0 Å². The van der Waals surface area contributed by atoms with E-state index < -0.39 is 0 Å². The summed E-state index contributed by atoms with van der Waals surface area (Å²) in [5.74, 6) is 0.462. The maximum atomic E-state index is 12.8. The number of ketones is 1. The van der Waals surface area contributed by atoms with Crippen LogP contribution in [0.15, 0.2) is 60.6 Å². The second-order valence-corrected chi connectivity index (χ2v) is 7.74.